The van der Waals surface area contributed by atoms with E-state index < -0.39 is 15.7 Å². The van der Waals surface area contributed by atoms with Crippen LogP contribution in [-0.4, -0.2) is 39.3 Å². The van der Waals surface area contributed by atoms with E-state index in [4.69, 9.17) is 10.5 Å². The number of primary amides is 1. The van der Waals surface area contributed by atoms with Gasteiger partial charge in [-0.2, -0.15) is 0 Å². The molecule has 1 atom stereocenters. The van der Waals surface area contributed by atoms with Crippen molar-refractivity contribution in [3.63, 3.8) is 0 Å². The van der Waals surface area contributed by atoms with E-state index in [-0.39, 0.29) is 17.5 Å². The molecule has 2 aliphatic rings. The Labute approximate surface area is 181 Å². The Balaban J connectivity index is 1.74. The van der Waals surface area contributed by atoms with Crippen LogP contribution in [0.15, 0.2) is 29.2 Å². The molecule has 1 spiro atoms. The number of benzene rings is 1. The van der Waals surface area contributed by atoms with Gasteiger partial charge in [0.1, 0.15) is 5.60 Å². The first-order chi connectivity index (χ1) is 14.3. The van der Waals surface area contributed by atoms with Crippen molar-refractivity contribution in [3.05, 3.63) is 50.7 Å². The lowest BCUT2D eigenvalue weighted by molar-refractivity contribution is -0.117. The molecule has 0 saturated carbocycles. The third kappa shape index (κ3) is 3.82. The van der Waals surface area contributed by atoms with E-state index >= 15 is 0 Å². The number of ether oxygens (including phenoxy) is 1. The fourth-order valence-electron chi connectivity index (χ4n) is 4.60. The monoisotopic (exact) mass is 448 g/mol. The van der Waals surface area contributed by atoms with Crippen LogP contribution in [0.1, 0.15) is 57.9 Å². The van der Waals surface area contributed by atoms with Gasteiger partial charge in [0.15, 0.2) is 9.84 Å². The van der Waals surface area contributed by atoms with Gasteiger partial charge < -0.3 is 15.8 Å². The second-order valence-electron chi connectivity index (χ2n) is 8.18. The Hall–Kier alpha value is -1.74. The molecule has 1 saturated heterocycles. The maximum absolute atomic E-state index is 12.3. The van der Waals surface area contributed by atoms with Gasteiger partial charge in [-0.25, -0.2) is 8.42 Å². The zero-order chi connectivity index (χ0) is 21.5. The van der Waals surface area contributed by atoms with Crippen LogP contribution in [0, 0.1) is 0 Å². The molecule has 1 amide bonds. The minimum absolute atomic E-state index is 0.0711. The van der Waals surface area contributed by atoms with Crippen LogP contribution in [0.2, 0.25) is 0 Å². The number of fused-ring (bicyclic) bond motifs is 2. The predicted molar refractivity (Wildman–Crippen MR) is 118 cm³/mol. The molecule has 8 heteroatoms. The molecule has 0 radical (unpaired) electrons. The fraction of sp³-hybridized carbons (Fsp3) is 0.500. The molecular weight excluding hydrogens is 420 g/mol. The number of rotatable bonds is 5. The molecule has 1 unspecified atom stereocenters. The van der Waals surface area contributed by atoms with E-state index in [0.717, 1.165) is 48.4 Å². The zero-order valence-corrected chi connectivity index (χ0v) is 19.0. The maximum atomic E-state index is 12.3. The minimum Gasteiger partial charge on any atom is -0.366 e. The highest BCUT2D eigenvalue weighted by molar-refractivity contribution is 7.91. The first kappa shape index (κ1) is 21.5. The summed E-state index contributed by atoms with van der Waals surface area (Å²) in [5, 5.41) is 3.39. The summed E-state index contributed by atoms with van der Waals surface area (Å²) >= 11 is 1.48. The van der Waals surface area contributed by atoms with Crippen LogP contribution in [0.4, 0.5) is 0 Å². The normalized spacial score (nSPS) is 20.8. The summed E-state index contributed by atoms with van der Waals surface area (Å²) in [5.41, 5.74) is 8.56. The van der Waals surface area contributed by atoms with Crippen LogP contribution >= 0.6 is 11.3 Å². The van der Waals surface area contributed by atoms with E-state index in [2.05, 4.69) is 12.2 Å². The Morgan fingerprint density at radius 1 is 1.27 bits per heavy atom. The van der Waals surface area contributed by atoms with Crippen molar-refractivity contribution in [1.29, 1.82) is 0 Å². The number of nitrogens with two attached hydrogens (primary N) is 1. The van der Waals surface area contributed by atoms with Crippen LogP contribution in [0.25, 0.3) is 0 Å². The van der Waals surface area contributed by atoms with Gasteiger partial charge in [0.05, 0.1) is 21.6 Å². The lowest BCUT2D eigenvalue weighted by Gasteiger charge is -2.43. The van der Waals surface area contributed by atoms with Crippen LogP contribution in [-0.2, 0) is 33.0 Å². The van der Waals surface area contributed by atoms with Gasteiger partial charge in [-0.05, 0) is 74.5 Å². The van der Waals surface area contributed by atoms with Gasteiger partial charge in [0.25, 0.3) is 5.91 Å². The Bertz CT molecular complexity index is 1050. The summed E-state index contributed by atoms with van der Waals surface area (Å²) in [6.45, 7) is 5.50. The quantitative estimate of drug-likeness (QED) is 0.733. The lowest BCUT2D eigenvalue weighted by Crippen LogP contribution is -2.46. The predicted octanol–water partition coefficient (Wildman–Crippen LogP) is 2.77. The Morgan fingerprint density at radius 2 is 1.93 bits per heavy atom. The fourth-order valence-corrected chi connectivity index (χ4v) is 6.87. The molecule has 1 aromatic carbocycles. The van der Waals surface area contributed by atoms with Crippen molar-refractivity contribution < 1.29 is 17.9 Å². The van der Waals surface area contributed by atoms with E-state index in [9.17, 15) is 13.2 Å². The van der Waals surface area contributed by atoms with Gasteiger partial charge in [-0.15, -0.1) is 11.3 Å². The van der Waals surface area contributed by atoms with E-state index in [1.54, 1.807) is 19.1 Å². The Morgan fingerprint density at radius 3 is 2.53 bits per heavy atom. The molecule has 1 aromatic heterocycles. The summed E-state index contributed by atoms with van der Waals surface area (Å²) in [5.74, 6) is -0.336. The van der Waals surface area contributed by atoms with Crippen molar-refractivity contribution in [2.45, 2.75) is 56.1 Å². The number of thiophene rings is 1. The van der Waals surface area contributed by atoms with Crippen molar-refractivity contribution in [2.75, 3.05) is 18.8 Å². The maximum Gasteiger partial charge on any atom is 0.259 e. The van der Waals surface area contributed by atoms with E-state index in [0.29, 0.717) is 16.2 Å². The number of carbonyl (C=O) groups excluding carboxylic acids is 1. The van der Waals surface area contributed by atoms with Gasteiger partial charge in [-0.3, -0.25) is 4.79 Å². The highest BCUT2D eigenvalue weighted by Crippen LogP contribution is 2.48. The topological polar surface area (TPSA) is 98.5 Å². The molecule has 2 aliphatic heterocycles. The van der Waals surface area contributed by atoms with Crippen molar-refractivity contribution >= 4 is 27.1 Å². The largest absolute Gasteiger partial charge is 0.366 e. The molecule has 0 bridgehead atoms. The number of piperidine rings is 1. The van der Waals surface area contributed by atoms with Crippen molar-refractivity contribution in [1.82, 2.24) is 5.32 Å². The second kappa shape index (κ2) is 8.07. The number of carbonyl (C=O) groups is 1. The average molecular weight is 449 g/mol. The first-order valence-corrected chi connectivity index (χ1v) is 12.9. The summed E-state index contributed by atoms with van der Waals surface area (Å²) in [4.78, 5) is 14.4. The minimum atomic E-state index is -3.23. The van der Waals surface area contributed by atoms with Gasteiger partial charge >= 0.3 is 0 Å². The molecule has 4 rings (SSSR count). The Kier molecular flexibility index (Phi) is 5.78. The third-order valence-corrected chi connectivity index (χ3v) is 9.35. The van der Waals surface area contributed by atoms with Crippen LogP contribution in [0.5, 0.6) is 0 Å². The van der Waals surface area contributed by atoms with Crippen molar-refractivity contribution in [2.24, 2.45) is 5.73 Å². The molecule has 1 fully saturated rings. The number of hydrogen-bond acceptors (Lipinski definition) is 6. The molecule has 30 heavy (non-hydrogen) atoms. The van der Waals surface area contributed by atoms with Gasteiger partial charge in [0, 0.05) is 4.88 Å². The average Bonchev–Trinajstić information content (AvgIpc) is 3.08. The standard InChI is InChI=1S/C22H28N2O4S2/c1-3-30(26,27)16-6-4-15(5-7-16)13-17-18-12-14(2)28-22(8-10-24-11-9-22)20(18)29-19(17)21(23)25/h4-7,14,24H,3,8-13H2,1-2H3,(H2,23,25). The second-order valence-corrected chi connectivity index (χ2v) is 11.5. The third-order valence-electron chi connectivity index (χ3n) is 6.13. The summed E-state index contributed by atoms with van der Waals surface area (Å²) < 4.78 is 30.6. The van der Waals surface area contributed by atoms with E-state index in [1.165, 1.54) is 16.9 Å². The molecule has 2 aromatic rings. The molecule has 3 heterocycles. The molecular formula is C22H28N2O4S2. The van der Waals surface area contributed by atoms with Gasteiger partial charge in [-0.1, -0.05) is 19.1 Å². The summed E-state index contributed by atoms with van der Waals surface area (Å²) in [6, 6.07) is 6.97. The number of sulfone groups is 1. The zero-order valence-electron chi connectivity index (χ0n) is 17.4. The van der Waals surface area contributed by atoms with Gasteiger partial charge in [0.2, 0.25) is 0 Å². The molecule has 162 valence electrons. The number of amides is 1. The summed E-state index contributed by atoms with van der Waals surface area (Å²) in [6.07, 6.45) is 3.14. The van der Waals surface area contributed by atoms with Crippen molar-refractivity contribution in [3.8, 4) is 0 Å². The molecule has 6 nitrogen and oxygen atoms in total. The smallest absolute Gasteiger partial charge is 0.259 e. The summed E-state index contributed by atoms with van der Waals surface area (Å²) in [7, 11) is -3.23. The lowest BCUT2D eigenvalue weighted by atomic mass is 9.82. The van der Waals surface area contributed by atoms with Crippen LogP contribution < -0.4 is 11.1 Å². The molecule has 3 N–H and O–H groups in total. The van der Waals surface area contributed by atoms with E-state index in [1.807, 2.05) is 12.1 Å². The first-order valence-electron chi connectivity index (χ1n) is 10.4. The highest BCUT2D eigenvalue weighted by atomic mass is 32.2. The van der Waals surface area contributed by atoms with Crippen LogP contribution in [0.3, 0.4) is 0 Å². The number of nitrogens with one attached hydrogen (secondary N) is 1. The molecule has 0 aliphatic carbocycles. The SMILES string of the molecule is CCS(=O)(=O)c1ccc(Cc2c(C(N)=O)sc3c2CC(C)OC32CCNCC2)cc1. The number of hydrogen-bond donors (Lipinski definition) is 2. The highest BCUT2D eigenvalue weighted by Gasteiger charge is 2.44.